The fourth-order valence-corrected chi connectivity index (χ4v) is 2.34. The Labute approximate surface area is 119 Å². The maximum absolute atomic E-state index is 11.9. The molecule has 0 heterocycles. The average Bonchev–Trinajstić information content (AvgIpc) is 3.20. The van der Waals surface area contributed by atoms with Gasteiger partial charge in [-0.25, -0.2) is 0 Å². The standard InChI is InChI=1S/C13H15N3O5/c14-10(13(20)21)7-8(9(7)12(18)19)11(17)16-15-6-4-2-1-3-5-6/h1-5,7-10,15H,14H2,(H,16,17)(H,18,19)(H,20,21). The van der Waals surface area contributed by atoms with Crippen LogP contribution in [0.25, 0.3) is 0 Å². The number of hydrazine groups is 1. The average molecular weight is 293 g/mol. The maximum atomic E-state index is 11.9. The van der Waals surface area contributed by atoms with Crippen molar-refractivity contribution in [1.82, 2.24) is 5.43 Å². The molecule has 112 valence electrons. The van der Waals surface area contributed by atoms with Gasteiger partial charge in [0.05, 0.1) is 17.5 Å². The molecule has 0 saturated heterocycles. The SMILES string of the molecule is NC(C(=O)O)C1C(C(=O)O)C1C(=O)NNc1ccccc1. The molecule has 0 aromatic heterocycles. The molecule has 0 bridgehead atoms. The molecule has 21 heavy (non-hydrogen) atoms. The highest BCUT2D eigenvalue weighted by molar-refractivity contribution is 5.93. The number of para-hydroxylation sites is 1. The van der Waals surface area contributed by atoms with E-state index < -0.39 is 41.6 Å². The van der Waals surface area contributed by atoms with E-state index in [1.165, 1.54) is 0 Å². The van der Waals surface area contributed by atoms with Crippen LogP contribution in [0.15, 0.2) is 30.3 Å². The fraction of sp³-hybridized carbons (Fsp3) is 0.308. The molecule has 1 fully saturated rings. The van der Waals surface area contributed by atoms with Crippen LogP contribution < -0.4 is 16.6 Å². The number of nitrogens with one attached hydrogen (secondary N) is 2. The second kappa shape index (κ2) is 5.80. The second-order valence-corrected chi connectivity index (χ2v) is 4.81. The number of aliphatic carboxylic acids is 2. The third-order valence-corrected chi connectivity index (χ3v) is 3.47. The molecule has 0 radical (unpaired) electrons. The predicted molar refractivity (Wildman–Crippen MR) is 71.9 cm³/mol. The molecule has 1 amide bonds. The number of nitrogens with two attached hydrogens (primary N) is 1. The number of anilines is 1. The topological polar surface area (TPSA) is 142 Å². The quantitative estimate of drug-likeness (QED) is 0.444. The zero-order chi connectivity index (χ0) is 15.6. The number of carboxylic acids is 2. The summed E-state index contributed by atoms with van der Waals surface area (Å²) in [4.78, 5) is 33.8. The van der Waals surface area contributed by atoms with Gasteiger partial charge in [-0.1, -0.05) is 18.2 Å². The lowest BCUT2D eigenvalue weighted by Crippen LogP contribution is -2.36. The number of carbonyl (C=O) groups excluding carboxylic acids is 1. The summed E-state index contributed by atoms with van der Waals surface area (Å²) in [6.07, 6.45) is 0. The predicted octanol–water partition coefficient (Wildman–Crippen LogP) is -0.512. The summed E-state index contributed by atoms with van der Waals surface area (Å²) in [6.45, 7) is 0. The summed E-state index contributed by atoms with van der Waals surface area (Å²) in [5, 5.41) is 17.8. The minimum absolute atomic E-state index is 0.590. The Hall–Kier alpha value is -2.61. The van der Waals surface area contributed by atoms with Gasteiger partial charge in [0.1, 0.15) is 6.04 Å². The molecule has 4 atom stereocenters. The molecule has 4 unspecified atom stereocenters. The van der Waals surface area contributed by atoms with Crippen molar-refractivity contribution >= 4 is 23.5 Å². The fourth-order valence-electron chi connectivity index (χ4n) is 2.34. The van der Waals surface area contributed by atoms with Gasteiger partial charge in [0.2, 0.25) is 5.91 Å². The van der Waals surface area contributed by atoms with Crippen molar-refractivity contribution in [2.45, 2.75) is 6.04 Å². The highest BCUT2D eigenvalue weighted by Gasteiger charge is 2.63. The van der Waals surface area contributed by atoms with Crippen LogP contribution in [0, 0.1) is 17.8 Å². The lowest BCUT2D eigenvalue weighted by atomic mass is 10.1. The van der Waals surface area contributed by atoms with E-state index in [2.05, 4.69) is 10.9 Å². The smallest absolute Gasteiger partial charge is 0.320 e. The number of carbonyl (C=O) groups is 3. The van der Waals surface area contributed by atoms with Crippen molar-refractivity contribution in [1.29, 1.82) is 0 Å². The molecule has 0 spiro atoms. The van der Waals surface area contributed by atoms with Gasteiger partial charge in [-0.3, -0.25) is 25.2 Å². The van der Waals surface area contributed by atoms with Gasteiger partial charge in [-0.2, -0.15) is 0 Å². The lowest BCUT2D eigenvalue weighted by molar-refractivity contribution is -0.141. The van der Waals surface area contributed by atoms with Gasteiger partial charge in [0.25, 0.3) is 0 Å². The Morgan fingerprint density at radius 1 is 1.10 bits per heavy atom. The van der Waals surface area contributed by atoms with Crippen molar-refractivity contribution in [3.63, 3.8) is 0 Å². The molecule has 8 heteroatoms. The third kappa shape index (κ3) is 3.11. The van der Waals surface area contributed by atoms with E-state index >= 15 is 0 Å². The van der Waals surface area contributed by atoms with Gasteiger partial charge in [-0.15, -0.1) is 0 Å². The first-order chi connectivity index (χ1) is 9.93. The van der Waals surface area contributed by atoms with Crippen LogP contribution >= 0.6 is 0 Å². The highest BCUT2D eigenvalue weighted by atomic mass is 16.4. The van der Waals surface area contributed by atoms with Crippen LogP contribution in [0.3, 0.4) is 0 Å². The van der Waals surface area contributed by atoms with Crippen molar-refractivity contribution in [2.24, 2.45) is 23.5 Å². The van der Waals surface area contributed by atoms with Crippen LogP contribution in [0.1, 0.15) is 0 Å². The zero-order valence-corrected chi connectivity index (χ0v) is 10.9. The van der Waals surface area contributed by atoms with Crippen LogP contribution in [0.4, 0.5) is 5.69 Å². The van der Waals surface area contributed by atoms with Crippen molar-refractivity contribution in [3.8, 4) is 0 Å². The second-order valence-electron chi connectivity index (χ2n) is 4.81. The van der Waals surface area contributed by atoms with Gasteiger partial charge in [-0.05, 0) is 12.1 Å². The van der Waals surface area contributed by atoms with Gasteiger partial charge >= 0.3 is 11.9 Å². The number of carboxylic acid groups (broad SMARTS) is 2. The van der Waals surface area contributed by atoms with Crippen molar-refractivity contribution < 1.29 is 24.6 Å². The molecule has 1 aromatic carbocycles. The first-order valence-corrected chi connectivity index (χ1v) is 6.25. The van der Waals surface area contributed by atoms with Crippen molar-refractivity contribution in [2.75, 3.05) is 5.43 Å². The van der Waals surface area contributed by atoms with E-state index in [9.17, 15) is 14.4 Å². The van der Waals surface area contributed by atoms with E-state index in [-0.39, 0.29) is 0 Å². The van der Waals surface area contributed by atoms with E-state index in [4.69, 9.17) is 15.9 Å². The minimum atomic E-state index is -1.38. The molecule has 2 rings (SSSR count). The Morgan fingerprint density at radius 3 is 2.24 bits per heavy atom. The van der Waals surface area contributed by atoms with Crippen LogP contribution in [0.2, 0.25) is 0 Å². The number of hydrogen-bond donors (Lipinski definition) is 5. The molecule has 1 aromatic rings. The maximum Gasteiger partial charge on any atom is 0.320 e. The van der Waals surface area contributed by atoms with Crippen molar-refractivity contribution in [3.05, 3.63) is 30.3 Å². The minimum Gasteiger partial charge on any atom is -0.481 e. The largest absolute Gasteiger partial charge is 0.481 e. The number of rotatable bonds is 6. The molecule has 0 aliphatic heterocycles. The summed E-state index contributed by atoms with van der Waals surface area (Å²) in [5.74, 6) is -6.07. The molecule has 6 N–H and O–H groups in total. The molecule has 1 aliphatic rings. The lowest BCUT2D eigenvalue weighted by Gasteiger charge is -2.08. The summed E-state index contributed by atoms with van der Waals surface area (Å²) in [7, 11) is 0. The first kappa shape index (κ1) is 14.8. The van der Waals surface area contributed by atoms with Gasteiger partial charge in [0.15, 0.2) is 0 Å². The van der Waals surface area contributed by atoms with Gasteiger partial charge < -0.3 is 15.9 Å². The van der Waals surface area contributed by atoms with E-state index in [1.807, 2.05) is 0 Å². The number of amides is 1. The summed E-state index contributed by atoms with van der Waals surface area (Å²) in [6, 6.07) is 7.36. The Morgan fingerprint density at radius 2 is 1.71 bits per heavy atom. The Balaban J connectivity index is 1.98. The van der Waals surface area contributed by atoms with E-state index in [1.54, 1.807) is 30.3 Å². The van der Waals surface area contributed by atoms with E-state index in [0.29, 0.717) is 5.69 Å². The Bertz CT molecular complexity index is 562. The molecular weight excluding hydrogens is 278 g/mol. The molecule has 1 saturated carbocycles. The van der Waals surface area contributed by atoms with E-state index in [0.717, 1.165) is 0 Å². The zero-order valence-electron chi connectivity index (χ0n) is 10.9. The Kier molecular flexibility index (Phi) is 4.08. The molecule has 8 nitrogen and oxygen atoms in total. The number of hydrogen-bond acceptors (Lipinski definition) is 5. The van der Waals surface area contributed by atoms with Gasteiger partial charge in [0, 0.05) is 5.92 Å². The first-order valence-electron chi connectivity index (χ1n) is 6.25. The van der Waals surface area contributed by atoms with Crippen LogP contribution in [-0.2, 0) is 14.4 Å². The summed E-state index contributed by atoms with van der Waals surface area (Å²) < 4.78 is 0. The highest BCUT2D eigenvalue weighted by Crippen LogP contribution is 2.48. The summed E-state index contributed by atoms with van der Waals surface area (Å²) >= 11 is 0. The monoisotopic (exact) mass is 293 g/mol. The third-order valence-electron chi connectivity index (χ3n) is 3.47. The molecule has 1 aliphatic carbocycles. The normalized spacial score (nSPS) is 24.7. The number of benzene rings is 1. The van der Waals surface area contributed by atoms with Crippen LogP contribution in [-0.4, -0.2) is 34.1 Å². The van der Waals surface area contributed by atoms with Crippen LogP contribution in [0.5, 0.6) is 0 Å². The molecular formula is C13H15N3O5. The summed E-state index contributed by atoms with van der Waals surface area (Å²) in [5.41, 5.74) is 11.0.